The van der Waals surface area contributed by atoms with Crippen molar-refractivity contribution < 1.29 is 4.74 Å². The van der Waals surface area contributed by atoms with Gasteiger partial charge >= 0.3 is 0 Å². The van der Waals surface area contributed by atoms with Crippen LogP contribution in [0.15, 0.2) is 53.6 Å². The van der Waals surface area contributed by atoms with Crippen LogP contribution in [-0.4, -0.2) is 28.0 Å². The number of benzene rings is 2. The first kappa shape index (κ1) is 14.5. The predicted molar refractivity (Wildman–Crippen MR) is 94.8 cm³/mol. The van der Waals surface area contributed by atoms with E-state index >= 15 is 0 Å². The molecule has 0 atom stereocenters. The fourth-order valence-corrected chi connectivity index (χ4v) is 3.10. The molecule has 0 aliphatic rings. The van der Waals surface area contributed by atoms with Crippen molar-refractivity contribution in [2.24, 2.45) is 5.10 Å². The van der Waals surface area contributed by atoms with E-state index in [1.165, 1.54) is 16.0 Å². The summed E-state index contributed by atoms with van der Waals surface area (Å²) in [5.74, 6) is 0.791. The number of hydrogen-bond donors (Lipinski definition) is 1. The van der Waals surface area contributed by atoms with Crippen molar-refractivity contribution in [3.63, 3.8) is 0 Å². The second kappa shape index (κ2) is 5.86. The average molecular weight is 335 g/mol. The number of ether oxygens (including phenoxy) is 1. The molecule has 0 spiro atoms. The van der Waals surface area contributed by atoms with E-state index in [0.717, 1.165) is 22.3 Å². The van der Waals surface area contributed by atoms with E-state index in [1.807, 2.05) is 48.5 Å². The third-order valence-electron chi connectivity index (χ3n) is 3.55. The van der Waals surface area contributed by atoms with E-state index in [2.05, 4.69) is 15.1 Å². The largest absolute Gasteiger partial charge is 0.497 e. The summed E-state index contributed by atoms with van der Waals surface area (Å²) in [6.07, 6.45) is 1.69. The van der Waals surface area contributed by atoms with Crippen LogP contribution in [-0.2, 0) is 0 Å². The van der Waals surface area contributed by atoms with Crippen molar-refractivity contribution in [3.8, 4) is 5.75 Å². The molecule has 0 aliphatic heterocycles. The Labute approximate surface area is 141 Å². The SMILES string of the molecule is COc1ccc(/C=N\n2c(=N)sc3nc4ccccc4nc32)cc1. The molecule has 7 heteroatoms. The summed E-state index contributed by atoms with van der Waals surface area (Å²) in [5, 5.41) is 12.5. The molecule has 0 aliphatic carbocycles. The van der Waals surface area contributed by atoms with Gasteiger partial charge in [-0.3, -0.25) is 5.41 Å². The molecule has 0 fully saturated rings. The topological polar surface area (TPSA) is 76.2 Å². The van der Waals surface area contributed by atoms with Gasteiger partial charge in [0.15, 0.2) is 10.5 Å². The summed E-state index contributed by atoms with van der Waals surface area (Å²) in [5.41, 5.74) is 3.11. The Balaban J connectivity index is 1.80. The van der Waals surface area contributed by atoms with Crippen molar-refractivity contribution in [1.29, 1.82) is 5.41 Å². The number of thiazole rings is 1. The van der Waals surface area contributed by atoms with E-state index in [4.69, 9.17) is 10.1 Å². The van der Waals surface area contributed by atoms with E-state index in [-0.39, 0.29) is 4.80 Å². The number of para-hydroxylation sites is 2. The van der Waals surface area contributed by atoms with Crippen LogP contribution in [0.1, 0.15) is 5.56 Å². The van der Waals surface area contributed by atoms with Crippen molar-refractivity contribution in [1.82, 2.24) is 14.6 Å². The molecule has 118 valence electrons. The number of aromatic nitrogens is 3. The Hall–Kier alpha value is -3.06. The highest BCUT2D eigenvalue weighted by molar-refractivity contribution is 7.15. The molecule has 0 saturated carbocycles. The van der Waals surface area contributed by atoms with Crippen LogP contribution in [0.3, 0.4) is 0 Å². The molecular formula is C17H13N5OS. The lowest BCUT2D eigenvalue weighted by atomic mass is 10.2. The second-order valence-electron chi connectivity index (χ2n) is 5.08. The third-order valence-corrected chi connectivity index (χ3v) is 4.38. The summed E-state index contributed by atoms with van der Waals surface area (Å²) in [7, 11) is 1.63. The van der Waals surface area contributed by atoms with Gasteiger partial charge in [-0.2, -0.15) is 9.78 Å². The Morgan fingerprint density at radius 2 is 1.79 bits per heavy atom. The molecule has 0 bridgehead atoms. The summed E-state index contributed by atoms with van der Waals surface area (Å²) in [6, 6.07) is 15.2. The van der Waals surface area contributed by atoms with Gasteiger partial charge in [0.1, 0.15) is 5.75 Å². The number of nitrogens with zero attached hydrogens (tertiary/aromatic N) is 4. The highest BCUT2D eigenvalue weighted by Gasteiger charge is 2.09. The van der Waals surface area contributed by atoms with Crippen molar-refractivity contribution in [2.45, 2.75) is 0 Å². The molecule has 24 heavy (non-hydrogen) atoms. The average Bonchev–Trinajstić information content (AvgIpc) is 2.92. The minimum absolute atomic E-state index is 0.282. The quantitative estimate of drug-likeness (QED) is 0.585. The highest BCUT2D eigenvalue weighted by atomic mass is 32.1. The maximum atomic E-state index is 8.13. The van der Waals surface area contributed by atoms with E-state index in [9.17, 15) is 0 Å². The number of rotatable bonds is 3. The lowest BCUT2D eigenvalue weighted by Gasteiger charge is -2.00. The van der Waals surface area contributed by atoms with E-state index < -0.39 is 0 Å². The highest BCUT2D eigenvalue weighted by Crippen LogP contribution is 2.18. The van der Waals surface area contributed by atoms with Crippen LogP contribution in [0.25, 0.3) is 21.5 Å². The Morgan fingerprint density at radius 1 is 1.08 bits per heavy atom. The lowest BCUT2D eigenvalue weighted by Crippen LogP contribution is -2.08. The standard InChI is InChI=1S/C17H13N5OS/c1-23-12-8-6-11(7-9-12)10-19-22-15-16(24-17(22)18)21-14-5-3-2-4-13(14)20-15/h2-10,18H,1H3/b18-17?,19-10-. The van der Waals surface area contributed by atoms with Gasteiger partial charge in [0.25, 0.3) is 0 Å². The minimum Gasteiger partial charge on any atom is -0.497 e. The fraction of sp³-hybridized carbons (Fsp3) is 0.0588. The molecule has 2 aromatic carbocycles. The first-order valence-electron chi connectivity index (χ1n) is 7.26. The minimum atomic E-state index is 0.282. The van der Waals surface area contributed by atoms with Crippen molar-refractivity contribution >= 4 is 39.1 Å². The van der Waals surface area contributed by atoms with Gasteiger partial charge in [-0.25, -0.2) is 9.97 Å². The van der Waals surface area contributed by atoms with Crippen molar-refractivity contribution in [2.75, 3.05) is 7.11 Å². The molecule has 4 aromatic rings. The van der Waals surface area contributed by atoms with Gasteiger partial charge in [-0.1, -0.05) is 23.5 Å². The summed E-state index contributed by atoms with van der Waals surface area (Å²) in [6.45, 7) is 0. The van der Waals surface area contributed by atoms with Crippen LogP contribution < -0.4 is 9.54 Å². The number of fused-ring (bicyclic) bond motifs is 2. The molecule has 0 unspecified atom stereocenters. The molecule has 2 aromatic heterocycles. The molecule has 1 N–H and O–H groups in total. The van der Waals surface area contributed by atoms with Crippen molar-refractivity contribution in [3.05, 3.63) is 58.9 Å². The number of hydrogen-bond acceptors (Lipinski definition) is 6. The zero-order valence-corrected chi connectivity index (χ0v) is 13.6. The molecule has 0 saturated heterocycles. The zero-order valence-electron chi connectivity index (χ0n) is 12.8. The molecule has 0 radical (unpaired) electrons. The maximum Gasteiger partial charge on any atom is 0.206 e. The molecule has 0 amide bonds. The molecule has 6 nitrogen and oxygen atoms in total. The summed E-state index contributed by atoms with van der Waals surface area (Å²) >= 11 is 1.26. The molecule has 4 rings (SSSR count). The van der Waals surface area contributed by atoms with Crippen LogP contribution in [0, 0.1) is 5.41 Å². The first-order valence-corrected chi connectivity index (χ1v) is 8.07. The number of nitrogens with one attached hydrogen (secondary N) is 1. The predicted octanol–water partition coefficient (Wildman–Crippen LogP) is 3.02. The maximum absolute atomic E-state index is 8.13. The first-order chi connectivity index (χ1) is 11.7. The monoisotopic (exact) mass is 335 g/mol. The lowest BCUT2D eigenvalue weighted by molar-refractivity contribution is 0.415. The van der Waals surface area contributed by atoms with Gasteiger partial charge in [0.2, 0.25) is 4.80 Å². The molecular weight excluding hydrogens is 322 g/mol. The van der Waals surface area contributed by atoms with Crippen LogP contribution in [0.4, 0.5) is 0 Å². The van der Waals surface area contributed by atoms with Crippen LogP contribution in [0.5, 0.6) is 5.75 Å². The van der Waals surface area contributed by atoms with Gasteiger partial charge in [0.05, 0.1) is 24.4 Å². The Bertz CT molecular complexity index is 1110. The van der Waals surface area contributed by atoms with Gasteiger partial charge in [-0.05, 0) is 42.0 Å². The van der Waals surface area contributed by atoms with Gasteiger partial charge < -0.3 is 4.74 Å². The van der Waals surface area contributed by atoms with Gasteiger partial charge in [0, 0.05) is 0 Å². The normalized spacial score (nSPS) is 11.5. The van der Waals surface area contributed by atoms with E-state index in [1.54, 1.807) is 13.3 Å². The number of methoxy groups -OCH3 is 1. The zero-order chi connectivity index (χ0) is 16.5. The smallest absolute Gasteiger partial charge is 0.206 e. The summed E-state index contributed by atoms with van der Waals surface area (Å²) in [4.78, 5) is 10.1. The van der Waals surface area contributed by atoms with E-state index in [0.29, 0.717) is 10.5 Å². The Kier molecular flexibility index (Phi) is 3.55. The van der Waals surface area contributed by atoms with Crippen LogP contribution in [0.2, 0.25) is 0 Å². The van der Waals surface area contributed by atoms with Gasteiger partial charge in [-0.15, -0.1) is 0 Å². The van der Waals surface area contributed by atoms with Crippen LogP contribution >= 0.6 is 11.3 Å². The second-order valence-corrected chi connectivity index (χ2v) is 6.06. The third kappa shape index (κ3) is 2.55. The summed E-state index contributed by atoms with van der Waals surface area (Å²) < 4.78 is 6.64. The molecule has 2 heterocycles. The Morgan fingerprint density at radius 3 is 2.50 bits per heavy atom. The fourth-order valence-electron chi connectivity index (χ4n) is 2.33.